The van der Waals surface area contributed by atoms with Gasteiger partial charge in [-0.3, -0.25) is 0 Å². The van der Waals surface area contributed by atoms with Gasteiger partial charge in [-0.05, 0) is 42.0 Å². The number of nitrogens with two attached hydrogens (primary N) is 1. The summed E-state index contributed by atoms with van der Waals surface area (Å²) in [6.07, 6.45) is 1.44. The lowest BCUT2D eigenvalue weighted by Crippen LogP contribution is -2.30. The van der Waals surface area contributed by atoms with Crippen molar-refractivity contribution in [2.45, 2.75) is 31.7 Å². The van der Waals surface area contributed by atoms with E-state index in [2.05, 4.69) is 19.1 Å². The monoisotopic (exact) mass is 291 g/mol. The topological polar surface area (TPSA) is 26.0 Å². The first-order valence-corrected chi connectivity index (χ1v) is 7.24. The van der Waals surface area contributed by atoms with Crippen LogP contribution in [0.4, 0.5) is 4.39 Å². The first-order valence-electron chi connectivity index (χ1n) is 6.86. The molecular formula is C17H19ClFN. The molecule has 2 aromatic rings. The fourth-order valence-corrected chi connectivity index (χ4v) is 2.73. The molecule has 0 aliphatic heterocycles. The Balaban J connectivity index is 2.15. The lowest BCUT2D eigenvalue weighted by atomic mass is 9.86. The molecule has 0 fully saturated rings. The minimum absolute atomic E-state index is 0.113. The van der Waals surface area contributed by atoms with Crippen LogP contribution in [0.25, 0.3) is 0 Å². The van der Waals surface area contributed by atoms with E-state index in [0.29, 0.717) is 17.0 Å². The van der Waals surface area contributed by atoms with Gasteiger partial charge < -0.3 is 5.73 Å². The van der Waals surface area contributed by atoms with E-state index in [0.717, 1.165) is 6.42 Å². The summed E-state index contributed by atoms with van der Waals surface area (Å²) in [5.74, 6) is -0.0536. The van der Waals surface area contributed by atoms with Crippen LogP contribution in [0, 0.1) is 5.82 Å². The van der Waals surface area contributed by atoms with Crippen LogP contribution in [-0.4, -0.2) is 6.04 Å². The minimum atomic E-state index is -0.282. The predicted octanol–water partition coefficient (Wildman–Crippen LogP) is 4.54. The standard InChI is InChI=1S/C17H19ClFN/c1-2-15(12-6-4-3-5-7-12)17(20)10-13-8-9-14(18)11-16(13)19/h3-9,11,15,17H,2,10,20H2,1H3. The molecule has 3 heteroatoms. The van der Waals surface area contributed by atoms with Crippen LogP contribution in [0.2, 0.25) is 5.02 Å². The molecule has 0 saturated carbocycles. The third kappa shape index (κ3) is 3.59. The summed E-state index contributed by atoms with van der Waals surface area (Å²) in [4.78, 5) is 0. The van der Waals surface area contributed by atoms with Gasteiger partial charge in [-0.15, -0.1) is 0 Å². The van der Waals surface area contributed by atoms with E-state index in [4.69, 9.17) is 17.3 Å². The smallest absolute Gasteiger partial charge is 0.127 e. The van der Waals surface area contributed by atoms with Gasteiger partial charge in [-0.1, -0.05) is 54.9 Å². The zero-order valence-corrected chi connectivity index (χ0v) is 12.3. The molecule has 2 N–H and O–H groups in total. The summed E-state index contributed by atoms with van der Waals surface area (Å²) in [7, 11) is 0. The van der Waals surface area contributed by atoms with Gasteiger partial charge in [0.15, 0.2) is 0 Å². The van der Waals surface area contributed by atoms with Gasteiger partial charge in [0.1, 0.15) is 5.82 Å². The van der Waals surface area contributed by atoms with Crippen molar-refractivity contribution in [1.29, 1.82) is 0 Å². The number of hydrogen-bond acceptors (Lipinski definition) is 1. The number of hydrogen-bond donors (Lipinski definition) is 1. The van der Waals surface area contributed by atoms with Crippen molar-refractivity contribution in [2.75, 3.05) is 0 Å². The van der Waals surface area contributed by atoms with E-state index in [-0.39, 0.29) is 17.8 Å². The molecule has 2 atom stereocenters. The highest BCUT2D eigenvalue weighted by Gasteiger charge is 2.19. The van der Waals surface area contributed by atoms with Crippen LogP contribution < -0.4 is 5.73 Å². The van der Waals surface area contributed by atoms with Gasteiger partial charge in [-0.25, -0.2) is 4.39 Å². The van der Waals surface area contributed by atoms with Crippen LogP contribution in [-0.2, 0) is 6.42 Å². The molecule has 0 aliphatic rings. The van der Waals surface area contributed by atoms with Gasteiger partial charge in [0.05, 0.1) is 0 Å². The van der Waals surface area contributed by atoms with E-state index in [9.17, 15) is 4.39 Å². The Bertz CT molecular complexity index is 556. The number of halogens is 2. The molecule has 0 heterocycles. The molecule has 2 rings (SSSR count). The largest absolute Gasteiger partial charge is 0.327 e. The number of rotatable bonds is 5. The third-order valence-corrected chi connectivity index (χ3v) is 3.89. The minimum Gasteiger partial charge on any atom is -0.327 e. The molecule has 2 aromatic carbocycles. The molecule has 0 bridgehead atoms. The molecule has 0 radical (unpaired) electrons. The Morgan fingerprint density at radius 2 is 1.85 bits per heavy atom. The molecule has 0 spiro atoms. The number of benzene rings is 2. The molecule has 0 saturated heterocycles. The molecule has 0 aromatic heterocycles. The highest BCUT2D eigenvalue weighted by molar-refractivity contribution is 6.30. The Hall–Kier alpha value is -1.38. The average Bonchev–Trinajstić information content (AvgIpc) is 2.44. The molecule has 2 unspecified atom stereocenters. The summed E-state index contributed by atoms with van der Waals surface area (Å²) in [6.45, 7) is 2.11. The quantitative estimate of drug-likeness (QED) is 0.860. The van der Waals surface area contributed by atoms with Gasteiger partial charge in [0.25, 0.3) is 0 Å². The maximum atomic E-state index is 13.8. The zero-order valence-electron chi connectivity index (χ0n) is 11.5. The van der Waals surface area contributed by atoms with Gasteiger partial charge >= 0.3 is 0 Å². The van der Waals surface area contributed by atoms with Crippen molar-refractivity contribution < 1.29 is 4.39 Å². The molecule has 20 heavy (non-hydrogen) atoms. The summed E-state index contributed by atoms with van der Waals surface area (Å²) >= 11 is 5.77. The van der Waals surface area contributed by atoms with Crippen molar-refractivity contribution in [2.24, 2.45) is 5.73 Å². The fourth-order valence-electron chi connectivity index (χ4n) is 2.57. The highest BCUT2D eigenvalue weighted by atomic mass is 35.5. The second-order valence-corrected chi connectivity index (χ2v) is 5.47. The van der Waals surface area contributed by atoms with Crippen molar-refractivity contribution in [3.63, 3.8) is 0 Å². The molecular weight excluding hydrogens is 273 g/mol. The zero-order chi connectivity index (χ0) is 14.5. The molecule has 0 aliphatic carbocycles. The lowest BCUT2D eigenvalue weighted by Gasteiger charge is -2.23. The van der Waals surface area contributed by atoms with Crippen LogP contribution in [0.15, 0.2) is 48.5 Å². The summed E-state index contributed by atoms with van der Waals surface area (Å²) in [5.41, 5.74) is 8.13. The first kappa shape index (κ1) is 15.0. The van der Waals surface area contributed by atoms with Gasteiger partial charge in [-0.2, -0.15) is 0 Å². The Labute approximate surface area is 124 Å². The van der Waals surface area contributed by atoms with E-state index in [1.807, 2.05) is 18.2 Å². The van der Waals surface area contributed by atoms with E-state index < -0.39 is 0 Å². The molecule has 0 amide bonds. The van der Waals surface area contributed by atoms with Crippen molar-refractivity contribution in [3.05, 3.63) is 70.5 Å². The van der Waals surface area contributed by atoms with Crippen LogP contribution in [0.1, 0.15) is 30.4 Å². The Kier molecular flexibility index (Phi) is 5.16. The second-order valence-electron chi connectivity index (χ2n) is 5.03. The third-order valence-electron chi connectivity index (χ3n) is 3.66. The average molecular weight is 292 g/mol. The summed E-state index contributed by atoms with van der Waals surface area (Å²) in [5, 5.41) is 0.412. The second kappa shape index (κ2) is 6.87. The Morgan fingerprint density at radius 1 is 1.15 bits per heavy atom. The van der Waals surface area contributed by atoms with Crippen LogP contribution >= 0.6 is 11.6 Å². The maximum absolute atomic E-state index is 13.8. The first-order chi connectivity index (χ1) is 9.61. The van der Waals surface area contributed by atoms with Crippen molar-refractivity contribution >= 4 is 11.6 Å². The normalized spacial score (nSPS) is 14.0. The van der Waals surface area contributed by atoms with Crippen molar-refractivity contribution in [1.82, 2.24) is 0 Å². The fraction of sp³-hybridized carbons (Fsp3) is 0.294. The summed E-state index contributed by atoms with van der Waals surface area (Å²) in [6, 6.07) is 14.8. The van der Waals surface area contributed by atoms with Gasteiger partial charge in [0, 0.05) is 11.1 Å². The van der Waals surface area contributed by atoms with Crippen molar-refractivity contribution in [3.8, 4) is 0 Å². The SMILES string of the molecule is CCC(c1ccccc1)C(N)Cc1ccc(Cl)cc1F. The lowest BCUT2D eigenvalue weighted by molar-refractivity contribution is 0.502. The van der Waals surface area contributed by atoms with Crippen LogP contribution in [0.5, 0.6) is 0 Å². The summed E-state index contributed by atoms with van der Waals surface area (Å²) < 4.78 is 13.8. The molecule has 106 valence electrons. The van der Waals surface area contributed by atoms with Crippen LogP contribution in [0.3, 0.4) is 0 Å². The predicted molar refractivity (Wildman–Crippen MR) is 82.6 cm³/mol. The van der Waals surface area contributed by atoms with E-state index >= 15 is 0 Å². The molecule has 1 nitrogen and oxygen atoms in total. The van der Waals surface area contributed by atoms with Gasteiger partial charge in [0.2, 0.25) is 0 Å². The highest BCUT2D eigenvalue weighted by Crippen LogP contribution is 2.25. The Morgan fingerprint density at radius 3 is 2.45 bits per heavy atom. The van der Waals surface area contributed by atoms with E-state index in [1.165, 1.54) is 11.6 Å². The van der Waals surface area contributed by atoms with E-state index in [1.54, 1.807) is 12.1 Å². The maximum Gasteiger partial charge on any atom is 0.127 e.